The molecule has 6 nitrogen and oxygen atoms in total. The maximum Gasteiger partial charge on any atom is 0.159 e. The molecule has 32 heavy (non-hydrogen) atoms. The number of carbonyl (C=O) groups is 1. The van der Waals surface area contributed by atoms with E-state index in [4.69, 9.17) is 4.74 Å². The highest BCUT2D eigenvalue weighted by atomic mass is 16.5. The first-order valence-corrected chi connectivity index (χ1v) is 12.8. The van der Waals surface area contributed by atoms with Gasteiger partial charge in [-0.3, -0.25) is 4.79 Å². The lowest BCUT2D eigenvalue weighted by Crippen LogP contribution is -2.61. The van der Waals surface area contributed by atoms with Gasteiger partial charge in [-0.25, -0.2) is 0 Å². The van der Waals surface area contributed by atoms with Crippen LogP contribution >= 0.6 is 0 Å². The molecule has 1 saturated heterocycles. The summed E-state index contributed by atoms with van der Waals surface area (Å²) in [4.78, 5) is 13.2. The Hall–Kier alpha value is -0.790. The second-order valence-corrected chi connectivity index (χ2v) is 12.0. The van der Waals surface area contributed by atoms with Crippen molar-refractivity contribution in [2.75, 3.05) is 13.2 Å². The van der Waals surface area contributed by atoms with Crippen molar-refractivity contribution in [3.8, 4) is 0 Å². The normalized spacial score (nSPS) is 51.6. The monoisotopic (exact) mass is 447 g/mol. The summed E-state index contributed by atoms with van der Waals surface area (Å²) in [6.45, 7) is 8.28. The summed E-state index contributed by atoms with van der Waals surface area (Å²) in [6.07, 6.45) is 6.84. The fourth-order valence-corrected chi connectivity index (χ4v) is 8.48. The molecule has 5 aliphatic rings. The maximum absolute atomic E-state index is 13.2. The van der Waals surface area contributed by atoms with E-state index in [9.17, 15) is 20.1 Å². The van der Waals surface area contributed by atoms with Crippen LogP contribution in [-0.2, 0) is 9.53 Å². The number of hydrogen-bond acceptors (Lipinski definition) is 6. The summed E-state index contributed by atoms with van der Waals surface area (Å²) < 4.78 is 5.78. The van der Waals surface area contributed by atoms with Crippen LogP contribution in [0.4, 0.5) is 0 Å². The van der Waals surface area contributed by atoms with Gasteiger partial charge in [0.25, 0.3) is 0 Å². The van der Waals surface area contributed by atoms with Gasteiger partial charge in [0, 0.05) is 30.5 Å². The Labute approximate surface area is 191 Å². The molecule has 5 rings (SSSR count). The lowest BCUT2D eigenvalue weighted by molar-refractivity contribution is -0.152. The summed E-state index contributed by atoms with van der Waals surface area (Å²) in [5, 5.41) is 36.6. The van der Waals surface area contributed by atoms with Crippen LogP contribution in [-0.4, -0.2) is 64.2 Å². The topological polar surface area (TPSA) is 99.0 Å². The van der Waals surface area contributed by atoms with Gasteiger partial charge in [0.2, 0.25) is 0 Å². The molecule has 1 heterocycles. The average molecular weight is 448 g/mol. The van der Waals surface area contributed by atoms with Gasteiger partial charge in [0.1, 0.15) is 0 Å². The lowest BCUT2D eigenvalue weighted by Gasteiger charge is -2.60. The van der Waals surface area contributed by atoms with Crippen LogP contribution in [0.15, 0.2) is 11.6 Å². The molecule has 4 aliphatic carbocycles. The van der Waals surface area contributed by atoms with E-state index in [2.05, 4.69) is 26.1 Å². The minimum atomic E-state index is -0.981. The molecule has 0 aromatic rings. The zero-order valence-electron chi connectivity index (χ0n) is 19.8. The largest absolute Gasteiger partial charge is 0.390 e. The lowest BCUT2D eigenvalue weighted by atomic mass is 9.46. The Kier molecular flexibility index (Phi) is 5.65. The number of nitrogens with one attached hydrogen (secondary N) is 1. The van der Waals surface area contributed by atoms with E-state index >= 15 is 0 Å². The van der Waals surface area contributed by atoms with Crippen LogP contribution in [0.1, 0.15) is 72.1 Å². The standard InChI is InChI=1S/C26H41NO5/c1-15(27-14-16-5-4-10-32-16)17-7-9-26(31)19-11-21(28)20-12-22(29)23(30)13-24(20,2)18(19)6-8-25(17,26)3/h11,15-18,20,22-23,27,29-31H,4-10,12-14H2,1-3H3. The highest BCUT2D eigenvalue weighted by Crippen LogP contribution is 2.67. The molecule has 1 aliphatic heterocycles. The number of carbonyl (C=O) groups excluding carboxylic acids is 1. The Balaban J connectivity index is 1.41. The summed E-state index contributed by atoms with van der Waals surface area (Å²) in [6, 6.07) is 0.268. The number of allylic oxidation sites excluding steroid dienone is 1. The van der Waals surface area contributed by atoms with Crippen molar-refractivity contribution < 1.29 is 24.9 Å². The van der Waals surface area contributed by atoms with E-state index in [1.165, 1.54) is 0 Å². The Bertz CT molecular complexity index is 793. The SMILES string of the molecule is CC(NCC1CCCO1)C1CCC2(O)C3=CC(=O)C4CC(O)C(O)CC4(C)C3CCC12C. The van der Waals surface area contributed by atoms with E-state index in [1.807, 2.05) is 0 Å². The third-order valence-corrected chi connectivity index (χ3v) is 10.5. The predicted octanol–water partition coefficient (Wildman–Crippen LogP) is 2.35. The second-order valence-electron chi connectivity index (χ2n) is 12.0. The fourth-order valence-electron chi connectivity index (χ4n) is 8.48. The van der Waals surface area contributed by atoms with Crippen molar-refractivity contribution in [3.63, 3.8) is 0 Å². The zero-order valence-corrected chi connectivity index (χ0v) is 19.8. The van der Waals surface area contributed by atoms with Crippen LogP contribution in [0, 0.1) is 28.6 Å². The van der Waals surface area contributed by atoms with Crippen LogP contribution in [0.5, 0.6) is 0 Å². The minimum absolute atomic E-state index is 0.0235. The molecule has 0 spiro atoms. The molecular weight excluding hydrogens is 406 g/mol. The highest BCUT2D eigenvalue weighted by molar-refractivity contribution is 5.95. The molecule has 4 N–H and O–H groups in total. The van der Waals surface area contributed by atoms with E-state index in [-0.39, 0.29) is 29.1 Å². The number of fused-ring (bicyclic) bond motifs is 5. The summed E-state index contributed by atoms with van der Waals surface area (Å²) in [5.41, 5.74) is -0.759. The van der Waals surface area contributed by atoms with Gasteiger partial charge < -0.3 is 25.4 Å². The molecule has 0 aromatic heterocycles. The quantitative estimate of drug-likeness (QED) is 0.528. The molecule has 6 heteroatoms. The van der Waals surface area contributed by atoms with Crippen LogP contribution in [0.25, 0.3) is 0 Å². The molecule has 10 unspecified atom stereocenters. The van der Waals surface area contributed by atoms with Crippen molar-refractivity contribution in [1.29, 1.82) is 0 Å². The van der Waals surface area contributed by atoms with Crippen LogP contribution in [0.3, 0.4) is 0 Å². The van der Waals surface area contributed by atoms with Crippen molar-refractivity contribution >= 4 is 5.78 Å². The van der Waals surface area contributed by atoms with Gasteiger partial charge in [0.05, 0.1) is 23.9 Å². The minimum Gasteiger partial charge on any atom is -0.390 e. The van der Waals surface area contributed by atoms with E-state index in [0.29, 0.717) is 31.3 Å². The molecule has 3 saturated carbocycles. The molecule has 0 aromatic carbocycles. The highest BCUT2D eigenvalue weighted by Gasteiger charge is 2.66. The Morgan fingerprint density at radius 1 is 1.16 bits per heavy atom. The second kappa shape index (κ2) is 7.88. The number of aliphatic hydroxyl groups excluding tert-OH is 2. The molecule has 4 fully saturated rings. The average Bonchev–Trinajstić information content (AvgIpc) is 3.35. The number of hydrogen-bond donors (Lipinski definition) is 4. The van der Waals surface area contributed by atoms with E-state index in [1.54, 1.807) is 6.08 Å². The first-order chi connectivity index (χ1) is 15.1. The first-order valence-electron chi connectivity index (χ1n) is 12.8. The molecule has 0 amide bonds. The zero-order chi connectivity index (χ0) is 22.9. The number of aliphatic hydroxyl groups is 3. The third-order valence-electron chi connectivity index (χ3n) is 10.5. The molecule has 10 atom stereocenters. The Morgan fingerprint density at radius 3 is 2.66 bits per heavy atom. The van der Waals surface area contributed by atoms with Gasteiger partial charge in [-0.2, -0.15) is 0 Å². The first kappa shape index (κ1) is 23.0. The predicted molar refractivity (Wildman–Crippen MR) is 121 cm³/mol. The van der Waals surface area contributed by atoms with Crippen LogP contribution < -0.4 is 5.32 Å². The summed E-state index contributed by atoms with van der Waals surface area (Å²) in [7, 11) is 0. The van der Waals surface area contributed by atoms with Gasteiger partial charge in [-0.15, -0.1) is 0 Å². The third kappa shape index (κ3) is 3.20. The van der Waals surface area contributed by atoms with E-state index in [0.717, 1.165) is 50.8 Å². The van der Waals surface area contributed by atoms with Gasteiger partial charge in [0.15, 0.2) is 5.78 Å². The molecule has 180 valence electrons. The van der Waals surface area contributed by atoms with Crippen molar-refractivity contribution in [3.05, 3.63) is 11.6 Å². The number of rotatable bonds is 4. The summed E-state index contributed by atoms with van der Waals surface area (Å²) in [5.74, 6) is 0.164. The van der Waals surface area contributed by atoms with Gasteiger partial charge in [-0.1, -0.05) is 13.8 Å². The van der Waals surface area contributed by atoms with Crippen LogP contribution in [0.2, 0.25) is 0 Å². The summed E-state index contributed by atoms with van der Waals surface area (Å²) >= 11 is 0. The van der Waals surface area contributed by atoms with E-state index < -0.39 is 23.2 Å². The maximum atomic E-state index is 13.2. The molecular formula is C26H41NO5. The van der Waals surface area contributed by atoms with Crippen molar-refractivity contribution in [2.24, 2.45) is 28.6 Å². The van der Waals surface area contributed by atoms with Gasteiger partial charge >= 0.3 is 0 Å². The molecule has 0 bridgehead atoms. The Morgan fingerprint density at radius 2 is 1.94 bits per heavy atom. The number of ether oxygens (including phenoxy) is 1. The fraction of sp³-hybridized carbons (Fsp3) is 0.885. The van der Waals surface area contributed by atoms with Crippen molar-refractivity contribution in [2.45, 2.75) is 102 Å². The van der Waals surface area contributed by atoms with Gasteiger partial charge in [-0.05, 0) is 87.2 Å². The smallest absolute Gasteiger partial charge is 0.159 e. The van der Waals surface area contributed by atoms with Crippen molar-refractivity contribution in [1.82, 2.24) is 5.32 Å². The molecule has 0 radical (unpaired) electrons. The number of ketones is 1.